The van der Waals surface area contributed by atoms with Gasteiger partial charge in [0.1, 0.15) is 5.84 Å². The van der Waals surface area contributed by atoms with E-state index in [4.69, 9.17) is 5.73 Å². The van der Waals surface area contributed by atoms with E-state index in [1.54, 1.807) is 6.07 Å². The zero-order valence-corrected chi connectivity index (χ0v) is 25.1. The van der Waals surface area contributed by atoms with Crippen molar-refractivity contribution in [3.63, 3.8) is 0 Å². The number of hydrogen-bond acceptors (Lipinski definition) is 6. The van der Waals surface area contributed by atoms with Crippen molar-refractivity contribution in [3.8, 4) is 11.1 Å². The van der Waals surface area contributed by atoms with Crippen molar-refractivity contribution < 1.29 is 14.4 Å². The van der Waals surface area contributed by atoms with Crippen molar-refractivity contribution in [1.29, 1.82) is 0 Å². The van der Waals surface area contributed by atoms with Crippen LogP contribution in [-0.2, 0) is 9.59 Å². The van der Waals surface area contributed by atoms with E-state index in [2.05, 4.69) is 18.8 Å². The molecule has 42 heavy (non-hydrogen) atoms. The number of aliphatic imine (C=N–C) groups is 1. The molecule has 0 bridgehead atoms. The molecule has 0 unspecified atom stereocenters. The lowest BCUT2D eigenvalue weighted by atomic mass is 9.97. The number of amidine groups is 1. The van der Waals surface area contributed by atoms with Gasteiger partial charge in [-0.25, -0.2) is 4.99 Å². The van der Waals surface area contributed by atoms with Crippen molar-refractivity contribution in [1.82, 2.24) is 14.7 Å². The number of carbonyl (C=O) groups excluding carboxylic acids is 3. The van der Waals surface area contributed by atoms with E-state index in [9.17, 15) is 14.4 Å². The minimum atomic E-state index is 0.0113. The number of piperidine rings is 1. The molecular weight excluding hydrogens is 526 g/mol. The Bertz CT molecular complexity index is 1380. The lowest BCUT2D eigenvalue weighted by Gasteiger charge is -2.28. The number of carbonyl (C=O) groups is 3. The van der Waals surface area contributed by atoms with Gasteiger partial charge in [-0.15, -0.1) is 0 Å². The normalized spacial score (nSPS) is 15.0. The van der Waals surface area contributed by atoms with Gasteiger partial charge in [0.2, 0.25) is 11.8 Å². The van der Waals surface area contributed by atoms with E-state index in [1.165, 1.54) is 6.42 Å². The fourth-order valence-electron chi connectivity index (χ4n) is 5.49. The summed E-state index contributed by atoms with van der Waals surface area (Å²) < 4.78 is 0. The summed E-state index contributed by atoms with van der Waals surface area (Å²) >= 11 is 0. The average molecular weight is 570 g/mol. The molecule has 0 saturated carbocycles. The summed E-state index contributed by atoms with van der Waals surface area (Å²) in [4.78, 5) is 48.1. The highest BCUT2D eigenvalue weighted by Crippen LogP contribution is 2.33. The van der Waals surface area contributed by atoms with Gasteiger partial charge >= 0.3 is 0 Å². The van der Waals surface area contributed by atoms with E-state index < -0.39 is 0 Å². The number of likely N-dealkylation sites (tertiary alicyclic amines) is 1. The van der Waals surface area contributed by atoms with Gasteiger partial charge < -0.3 is 20.4 Å². The predicted octanol–water partition coefficient (Wildman–Crippen LogP) is 5.51. The molecule has 0 spiro atoms. The van der Waals surface area contributed by atoms with Crippen LogP contribution in [0.15, 0.2) is 53.2 Å². The molecule has 2 aromatic carbocycles. The second-order valence-electron chi connectivity index (χ2n) is 11.1. The van der Waals surface area contributed by atoms with E-state index in [0.29, 0.717) is 48.7 Å². The van der Waals surface area contributed by atoms with Crippen LogP contribution in [0.3, 0.4) is 0 Å². The molecule has 0 aliphatic carbocycles. The van der Waals surface area contributed by atoms with Crippen LogP contribution in [0.5, 0.6) is 0 Å². The molecule has 4 rings (SSSR count). The Balaban J connectivity index is 1.56. The Morgan fingerprint density at radius 1 is 0.976 bits per heavy atom. The van der Waals surface area contributed by atoms with Crippen molar-refractivity contribution in [3.05, 3.63) is 64.9 Å². The molecule has 2 N–H and O–H groups in total. The standard InChI is InChI=1S/C34H43N5O3/c1-4-14-39(15-5-2)34(42)30-20-28-11-9-26(21-31(28)36-32(35)22-30)25-10-12-29(24-40)27(19-25)13-18-37(3)23-33(41)38-16-7-6-8-17-38/h9-13,18-21,24H,4-8,14-17,22-23H2,1-3H3,(H2,35,36)/b18-13-. The van der Waals surface area contributed by atoms with Crippen LogP contribution in [0.4, 0.5) is 5.69 Å². The molecule has 8 heteroatoms. The first-order chi connectivity index (χ1) is 20.3. The quantitative estimate of drug-likeness (QED) is 0.360. The third kappa shape index (κ3) is 7.75. The fourth-order valence-corrected chi connectivity index (χ4v) is 5.49. The molecule has 222 valence electrons. The zero-order chi connectivity index (χ0) is 30.1. The van der Waals surface area contributed by atoms with Gasteiger partial charge in [0.05, 0.1) is 12.2 Å². The molecule has 0 atom stereocenters. The van der Waals surface area contributed by atoms with E-state index in [0.717, 1.165) is 67.3 Å². The third-order valence-corrected chi connectivity index (χ3v) is 7.69. The summed E-state index contributed by atoms with van der Waals surface area (Å²) in [5.74, 6) is 0.538. The summed E-state index contributed by atoms with van der Waals surface area (Å²) in [5.41, 5.74) is 11.7. The first kappa shape index (κ1) is 30.8. The summed E-state index contributed by atoms with van der Waals surface area (Å²) in [5, 5.41) is 0. The molecule has 2 aromatic rings. The molecule has 2 aliphatic rings. The molecule has 2 amide bonds. The second-order valence-corrected chi connectivity index (χ2v) is 11.1. The minimum Gasteiger partial charge on any atom is -0.387 e. The van der Waals surface area contributed by atoms with Gasteiger partial charge in [-0.1, -0.05) is 38.1 Å². The molecule has 0 radical (unpaired) electrons. The zero-order valence-electron chi connectivity index (χ0n) is 25.1. The SMILES string of the molecule is CCCN(CCC)C(=O)C1=Cc2ccc(-c3ccc(C=O)c(/C=C\N(C)CC(=O)N4CCCCC4)c3)cc2N=C(N)C1. The third-order valence-electron chi connectivity index (χ3n) is 7.69. The van der Waals surface area contributed by atoms with Gasteiger partial charge in [0.25, 0.3) is 0 Å². The monoisotopic (exact) mass is 569 g/mol. The molecule has 2 aliphatic heterocycles. The number of aldehydes is 1. The summed E-state index contributed by atoms with van der Waals surface area (Å²) in [6.07, 6.45) is 11.9. The van der Waals surface area contributed by atoms with Crippen LogP contribution in [0.1, 0.15) is 73.9 Å². The Labute approximate surface area is 249 Å². The molecule has 8 nitrogen and oxygen atoms in total. The lowest BCUT2D eigenvalue weighted by Crippen LogP contribution is -2.40. The van der Waals surface area contributed by atoms with Gasteiger partial charge in [-0.2, -0.15) is 0 Å². The number of likely N-dealkylation sites (N-methyl/N-ethyl adjacent to an activating group) is 1. The number of hydrogen-bond donors (Lipinski definition) is 1. The number of fused-ring (bicyclic) bond motifs is 1. The van der Waals surface area contributed by atoms with Crippen LogP contribution >= 0.6 is 0 Å². The molecule has 1 saturated heterocycles. The highest BCUT2D eigenvalue weighted by molar-refractivity contribution is 6.05. The number of benzene rings is 2. The summed E-state index contributed by atoms with van der Waals surface area (Å²) in [6, 6.07) is 11.6. The second kappa shape index (κ2) is 14.6. The van der Waals surface area contributed by atoms with E-state index >= 15 is 0 Å². The Kier molecular flexibility index (Phi) is 10.7. The average Bonchev–Trinajstić information content (AvgIpc) is 3.17. The number of rotatable bonds is 11. The maximum Gasteiger partial charge on any atom is 0.250 e. The largest absolute Gasteiger partial charge is 0.387 e. The number of nitrogens with two attached hydrogens (primary N) is 1. The Morgan fingerprint density at radius 2 is 1.67 bits per heavy atom. The number of nitrogens with zero attached hydrogens (tertiary/aromatic N) is 4. The summed E-state index contributed by atoms with van der Waals surface area (Å²) in [7, 11) is 1.87. The molecule has 1 fully saturated rings. The molecular formula is C34H43N5O3. The molecule has 2 heterocycles. The van der Waals surface area contributed by atoms with Crippen LogP contribution in [0, 0.1) is 0 Å². The van der Waals surface area contributed by atoms with Crippen molar-refractivity contribution in [2.45, 2.75) is 52.4 Å². The van der Waals surface area contributed by atoms with Crippen molar-refractivity contribution >= 4 is 41.8 Å². The highest BCUT2D eigenvalue weighted by Gasteiger charge is 2.21. The molecule has 0 aromatic heterocycles. The fraction of sp³-hybridized carbons (Fsp3) is 0.412. The smallest absolute Gasteiger partial charge is 0.250 e. The predicted molar refractivity (Wildman–Crippen MR) is 170 cm³/mol. The minimum absolute atomic E-state index is 0.0113. The highest BCUT2D eigenvalue weighted by atomic mass is 16.2. The maximum atomic E-state index is 13.3. The van der Waals surface area contributed by atoms with Crippen LogP contribution < -0.4 is 5.73 Å². The van der Waals surface area contributed by atoms with Crippen LogP contribution in [-0.4, -0.2) is 78.4 Å². The lowest BCUT2D eigenvalue weighted by molar-refractivity contribution is -0.132. The van der Waals surface area contributed by atoms with Gasteiger partial charge in [0.15, 0.2) is 6.29 Å². The topological polar surface area (TPSA) is 99.3 Å². The van der Waals surface area contributed by atoms with Crippen molar-refractivity contribution in [2.75, 3.05) is 39.8 Å². The van der Waals surface area contributed by atoms with Gasteiger partial charge in [-0.05, 0) is 79.3 Å². The van der Waals surface area contributed by atoms with Gasteiger partial charge in [-0.3, -0.25) is 14.4 Å². The first-order valence-electron chi connectivity index (χ1n) is 15.1. The van der Waals surface area contributed by atoms with E-state index in [-0.39, 0.29) is 11.8 Å². The van der Waals surface area contributed by atoms with Crippen LogP contribution in [0.25, 0.3) is 23.3 Å². The van der Waals surface area contributed by atoms with Crippen LogP contribution in [0.2, 0.25) is 0 Å². The Hall–Kier alpha value is -4.20. The first-order valence-corrected chi connectivity index (χ1v) is 15.1. The van der Waals surface area contributed by atoms with Crippen molar-refractivity contribution in [2.24, 2.45) is 10.7 Å². The van der Waals surface area contributed by atoms with E-state index in [1.807, 2.05) is 70.4 Å². The van der Waals surface area contributed by atoms with Gasteiger partial charge in [0, 0.05) is 56.3 Å². The maximum absolute atomic E-state index is 13.3. The summed E-state index contributed by atoms with van der Waals surface area (Å²) in [6.45, 7) is 7.52. The Morgan fingerprint density at radius 3 is 2.36 bits per heavy atom. The number of amides is 2.